The lowest BCUT2D eigenvalue weighted by Gasteiger charge is -2.32. The number of likely N-dealkylation sites (N-methyl/N-ethyl adjacent to an activating group) is 1. The molecule has 0 aromatic heterocycles. The Hall–Kier alpha value is -12.3. The fraction of sp³-hybridized carbons (Fsp3) is 0.226. The molecule has 604 valence electrons. The highest BCUT2D eigenvalue weighted by Gasteiger charge is 2.21. The van der Waals surface area contributed by atoms with Gasteiger partial charge in [0, 0.05) is 107 Å². The van der Waals surface area contributed by atoms with Crippen LogP contribution in [0.4, 0.5) is 11.4 Å². The zero-order chi connectivity index (χ0) is 83.4. The van der Waals surface area contributed by atoms with Gasteiger partial charge in [-0.15, -0.1) is 0 Å². The molecule has 1 aliphatic rings. The molecule has 116 heavy (non-hydrogen) atoms. The summed E-state index contributed by atoms with van der Waals surface area (Å²) in [6.45, 7) is 9.23. The van der Waals surface area contributed by atoms with E-state index in [9.17, 15) is 44.0 Å². The number of phenolic OH excluding ortho intramolecular Hbond substituents is 1. The third-order valence-corrected chi connectivity index (χ3v) is 19.1. The van der Waals surface area contributed by atoms with E-state index >= 15 is 0 Å². The second-order valence-corrected chi connectivity index (χ2v) is 28.6. The van der Waals surface area contributed by atoms with Crippen molar-refractivity contribution in [1.82, 2.24) is 31.1 Å². The van der Waals surface area contributed by atoms with E-state index in [2.05, 4.69) is 82.5 Å². The minimum absolute atomic E-state index is 0.0343. The molecule has 6 amide bonds. The SMILES string of the molecule is COc1cccc(CCNC(=O)CCCc2ccccc2)c1.COc1cccc(CCNC(=O)c2ccc(Br)cc2)c1.COc1cccc(CCNC(=O)c2ccc([N+](=O)[O-])cc2)c1.Cc1ccc(C(=O)N2CCN(C)CC2)cc1.Cc1ccc(C(=O)NC(CO)c2ccccc2)cc1.O=C(Nc1ccc(O)cc1)c1ccc(Br)cc1. The maximum atomic E-state index is 12.1. The standard InChI is InChI=1S/C19H23NO2.C16H16BrNO2.C16H16N2O4.C16H17NO2.C13H10BrNO2.C13H18N2O/c1-22-18-11-5-10-17(15-18)13-14-20-19(21)12-6-9-16-7-3-2-4-8-16;1-20-15-4-2-3-12(11-15)9-10-18-16(19)13-5-7-14(17)8-6-13;1-22-15-4-2-3-12(11-15)9-10-17-16(19)13-5-7-14(8-6-13)18(20)21;1-12-7-9-14(10-8-12)16(19)17-15(11-18)13-5-3-2-4-6-13;14-10-3-1-9(2-4-10)13(17)15-11-5-7-12(16)8-6-11;1-11-3-5-12(6-4-11)13(16)15-9-7-14(2)8-10-15/h2-5,7-8,10-11,15H,6,9,12-14H2,1H3,(H,20,21);2-8,11H,9-10H2,1H3,(H,18,19);2-8,11H,9-10H2,1H3,(H,17,19);2-10,15,18H,11H2,1H3,(H,17,19);1-8,16H,(H,15,17);3-6H,7-10H2,1-2H3. The Bertz CT molecular complexity index is 4830. The smallest absolute Gasteiger partial charge is 0.269 e. The Labute approximate surface area is 695 Å². The number of piperazine rings is 1. The first-order chi connectivity index (χ1) is 56.1. The average Bonchev–Trinajstić information content (AvgIpc) is 0.850. The van der Waals surface area contributed by atoms with Crippen LogP contribution < -0.4 is 40.8 Å². The van der Waals surface area contributed by atoms with E-state index < -0.39 is 4.92 Å². The van der Waals surface area contributed by atoms with E-state index in [1.807, 2.05) is 201 Å². The van der Waals surface area contributed by atoms with Crippen molar-refractivity contribution in [3.05, 3.63) is 365 Å². The summed E-state index contributed by atoms with van der Waals surface area (Å²) in [7, 11) is 7.01. The van der Waals surface area contributed by atoms with E-state index in [-0.39, 0.29) is 59.5 Å². The summed E-state index contributed by atoms with van der Waals surface area (Å²) in [4.78, 5) is 85.9. The number of hydrogen-bond donors (Lipinski definition) is 7. The number of nitrogens with one attached hydrogen (secondary N) is 5. The van der Waals surface area contributed by atoms with E-state index in [4.69, 9.17) is 19.3 Å². The molecule has 1 heterocycles. The second-order valence-electron chi connectivity index (χ2n) is 26.8. The first kappa shape index (κ1) is 90.9. The quantitative estimate of drug-likeness (QED) is 0.0151. The van der Waals surface area contributed by atoms with Crippen LogP contribution in [0, 0.1) is 24.0 Å². The van der Waals surface area contributed by atoms with E-state index in [1.54, 1.807) is 69.9 Å². The lowest BCUT2D eigenvalue weighted by molar-refractivity contribution is -0.384. The van der Waals surface area contributed by atoms with Crippen molar-refractivity contribution in [3.63, 3.8) is 0 Å². The van der Waals surface area contributed by atoms with Gasteiger partial charge in [0.1, 0.15) is 23.0 Å². The predicted molar refractivity (Wildman–Crippen MR) is 464 cm³/mol. The van der Waals surface area contributed by atoms with Gasteiger partial charge in [0.05, 0.1) is 38.9 Å². The number of rotatable bonds is 26. The number of phenols is 1. The number of anilines is 1. The van der Waals surface area contributed by atoms with Crippen molar-refractivity contribution >= 4 is 78.7 Å². The van der Waals surface area contributed by atoms with Gasteiger partial charge in [-0.3, -0.25) is 38.9 Å². The first-order valence-electron chi connectivity index (χ1n) is 37.8. The van der Waals surface area contributed by atoms with E-state index in [1.165, 1.54) is 53.1 Å². The topological polar surface area (TPSA) is 280 Å². The van der Waals surface area contributed by atoms with Crippen molar-refractivity contribution in [2.45, 2.75) is 58.4 Å². The highest BCUT2D eigenvalue weighted by atomic mass is 79.9. The molecule has 23 heteroatoms. The molecule has 0 radical (unpaired) electrons. The van der Waals surface area contributed by atoms with Crippen LogP contribution in [0.25, 0.3) is 0 Å². The molecule has 21 nitrogen and oxygen atoms in total. The number of ether oxygens (including phenoxy) is 3. The van der Waals surface area contributed by atoms with Crippen LogP contribution in [0.5, 0.6) is 23.0 Å². The normalized spacial score (nSPS) is 11.4. The molecule has 1 fully saturated rings. The summed E-state index contributed by atoms with van der Waals surface area (Å²) in [5, 5.41) is 43.3. The van der Waals surface area contributed by atoms with E-state index in [0.717, 1.165) is 106 Å². The number of benzene rings is 11. The molecule has 1 aliphatic heterocycles. The zero-order valence-electron chi connectivity index (χ0n) is 66.0. The third kappa shape index (κ3) is 33.4. The molecule has 12 rings (SSSR count). The number of carbonyl (C=O) groups is 6. The molecule has 1 unspecified atom stereocenters. The Kier molecular flexibility index (Phi) is 39.2. The number of aliphatic hydroxyl groups excluding tert-OH is 1. The van der Waals surface area contributed by atoms with Crippen LogP contribution in [-0.2, 0) is 30.5 Å². The number of nitro groups is 1. The summed E-state index contributed by atoms with van der Waals surface area (Å²) in [5.41, 5.74) is 11.5. The van der Waals surface area contributed by atoms with Crippen LogP contribution in [-0.4, -0.2) is 141 Å². The fourth-order valence-electron chi connectivity index (χ4n) is 11.3. The summed E-state index contributed by atoms with van der Waals surface area (Å²) in [6, 6.07) is 84.2. The molecule has 0 bridgehead atoms. The largest absolute Gasteiger partial charge is 0.508 e. The predicted octanol–water partition coefficient (Wildman–Crippen LogP) is 16.6. The first-order valence-corrected chi connectivity index (χ1v) is 39.4. The second kappa shape index (κ2) is 50.1. The Morgan fingerprint density at radius 1 is 0.457 bits per heavy atom. The number of aromatic hydroxyl groups is 1. The molecule has 0 spiro atoms. The minimum Gasteiger partial charge on any atom is -0.508 e. The maximum absolute atomic E-state index is 12.1. The molecule has 11 aromatic rings. The number of aliphatic hydroxyl groups is 1. The van der Waals surface area contributed by atoms with Gasteiger partial charge in [-0.2, -0.15) is 0 Å². The van der Waals surface area contributed by atoms with Crippen LogP contribution in [0.15, 0.2) is 288 Å². The Morgan fingerprint density at radius 3 is 1.29 bits per heavy atom. The summed E-state index contributed by atoms with van der Waals surface area (Å²) in [6.07, 6.45) is 4.68. The lowest BCUT2D eigenvalue weighted by atomic mass is 10.1. The number of halogens is 2. The zero-order valence-corrected chi connectivity index (χ0v) is 69.2. The molecule has 1 atom stereocenters. The molecular weight excluding hydrogens is 1600 g/mol. The van der Waals surface area contributed by atoms with Gasteiger partial charge in [0.2, 0.25) is 5.91 Å². The van der Waals surface area contributed by atoms with Crippen molar-refractivity contribution < 1.29 is 58.1 Å². The third-order valence-electron chi connectivity index (χ3n) is 18.0. The van der Waals surface area contributed by atoms with Crippen LogP contribution >= 0.6 is 31.9 Å². The van der Waals surface area contributed by atoms with Gasteiger partial charge < -0.3 is 60.8 Å². The highest BCUT2D eigenvalue weighted by molar-refractivity contribution is 9.10. The Balaban J connectivity index is 0.000000193. The van der Waals surface area contributed by atoms with Gasteiger partial charge in [0.15, 0.2) is 0 Å². The maximum Gasteiger partial charge on any atom is 0.269 e. The van der Waals surface area contributed by atoms with Crippen LogP contribution in [0.2, 0.25) is 0 Å². The average molecular weight is 1700 g/mol. The molecule has 1 saturated heterocycles. The number of methoxy groups -OCH3 is 3. The van der Waals surface area contributed by atoms with Crippen LogP contribution in [0.1, 0.15) is 110 Å². The Morgan fingerprint density at radius 2 is 0.853 bits per heavy atom. The number of aryl methyl sites for hydroxylation is 3. The molecular formula is C93H100Br2N8O13. The van der Waals surface area contributed by atoms with Gasteiger partial charge in [-0.25, -0.2) is 0 Å². The number of nitrogens with zero attached hydrogens (tertiary/aromatic N) is 3. The van der Waals surface area contributed by atoms with Crippen molar-refractivity contribution in [1.29, 1.82) is 0 Å². The minimum atomic E-state index is -0.496. The van der Waals surface area contributed by atoms with Crippen LogP contribution in [0.3, 0.4) is 0 Å². The number of carbonyl (C=O) groups excluding carboxylic acids is 6. The summed E-state index contributed by atoms with van der Waals surface area (Å²) in [5.74, 6) is 2.26. The molecule has 0 aliphatic carbocycles. The van der Waals surface area contributed by atoms with Gasteiger partial charge in [-0.1, -0.05) is 164 Å². The highest BCUT2D eigenvalue weighted by Crippen LogP contribution is 2.21. The summed E-state index contributed by atoms with van der Waals surface area (Å²) < 4.78 is 17.4. The van der Waals surface area contributed by atoms with Crippen molar-refractivity contribution in [2.75, 3.05) is 86.1 Å². The lowest BCUT2D eigenvalue weighted by Crippen LogP contribution is -2.47. The van der Waals surface area contributed by atoms with E-state index in [0.29, 0.717) is 60.4 Å². The number of hydrogen-bond acceptors (Lipinski definition) is 14. The van der Waals surface area contributed by atoms with Crippen molar-refractivity contribution in [2.24, 2.45) is 0 Å². The summed E-state index contributed by atoms with van der Waals surface area (Å²) >= 11 is 6.66. The van der Waals surface area contributed by atoms with Crippen molar-refractivity contribution in [3.8, 4) is 23.0 Å². The molecule has 11 aromatic carbocycles. The number of amides is 6. The van der Waals surface area contributed by atoms with Gasteiger partial charge in [0.25, 0.3) is 35.2 Å². The number of non-ortho nitro benzene ring substituents is 1. The monoisotopic (exact) mass is 1690 g/mol. The van der Waals surface area contributed by atoms with Gasteiger partial charge in [-0.05, 0) is 226 Å². The molecule has 7 N–H and O–H groups in total. The molecule has 0 saturated carbocycles. The van der Waals surface area contributed by atoms with Gasteiger partial charge >= 0.3 is 0 Å². The number of nitro benzene ring substituents is 1. The fourth-order valence-corrected chi connectivity index (χ4v) is 11.8.